The molecule has 1 saturated heterocycles. The van der Waals surface area contributed by atoms with E-state index in [1.165, 1.54) is 23.4 Å². The van der Waals surface area contributed by atoms with Crippen LogP contribution in [0.3, 0.4) is 0 Å². The van der Waals surface area contributed by atoms with Gasteiger partial charge in [-0.25, -0.2) is 9.37 Å². The highest BCUT2D eigenvalue weighted by molar-refractivity contribution is 5.60. The molecule has 160 valence electrons. The minimum Gasteiger partial charge on any atom is -0.497 e. The van der Waals surface area contributed by atoms with E-state index in [-0.39, 0.29) is 11.6 Å². The Morgan fingerprint density at radius 1 is 1.19 bits per heavy atom. The van der Waals surface area contributed by atoms with Crippen molar-refractivity contribution in [1.82, 2.24) is 14.5 Å². The Labute approximate surface area is 180 Å². The predicted octanol–water partition coefficient (Wildman–Crippen LogP) is 3.69. The fraction of sp³-hybridized carbons (Fsp3) is 0.375. The third-order valence-corrected chi connectivity index (χ3v) is 6.65. The number of fused-ring (bicyclic) bond motifs is 3. The van der Waals surface area contributed by atoms with E-state index < -0.39 is 5.82 Å². The minimum atomic E-state index is -0.480. The van der Waals surface area contributed by atoms with Gasteiger partial charge in [0.2, 0.25) is 5.95 Å². The lowest BCUT2D eigenvalue weighted by Crippen LogP contribution is -2.48. The van der Waals surface area contributed by atoms with Crippen LogP contribution in [0, 0.1) is 5.82 Å². The van der Waals surface area contributed by atoms with Crippen LogP contribution >= 0.6 is 0 Å². The third kappa shape index (κ3) is 3.38. The van der Waals surface area contributed by atoms with Crippen molar-refractivity contribution < 1.29 is 9.13 Å². The van der Waals surface area contributed by atoms with Gasteiger partial charge in [0.05, 0.1) is 19.0 Å². The molecule has 31 heavy (non-hydrogen) atoms. The van der Waals surface area contributed by atoms with Crippen LogP contribution in [-0.4, -0.2) is 34.2 Å². The molecule has 0 spiro atoms. The summed E-state index contributed by atoms with van der Waals surface area (Å²) >= 11 is 0. The summed E-state index contributed by atoms with van der Waals surface area (Å²) in [5.41, 5.74) is 3.16. The van der Waals surface area contributed by atoms with Gasteiger partial charge in [-0.2, -0.15) is 0 Å². The molecule has 1 aliphatic heterocycles. The molecule has 7 heteroatoms. The van der Waals surface area contributed by atoms with Crippen LogP contribution in [0.2, 0.25) is 0 Å². The fourth-order valence-electron chi connectivity index (χ4n) is 5.12. The van der Waals surface area contributed by atoms with Crippen molar-refractivity contribution in [2.24, 2.45) is 7.05 Å². The van der Waals surface area contributed by atoms with Crippen LogP contribution < -0.4 is 15.2 Å². The lowest BCUT2D eigenvalue weighted by atomic mass is 9.74. The second kappa shape index (κ2) is 7.80. The number of ether oxygens (including phenoxy) is 1. The molecule has 1 fully saturated rings. The van der Waals surface area contributed by atoms with E-state index in [1.807, 2.05) is 6.07 Å². The minimum absolute atomic E-state index is 0.195. The lowest BCUT2D eigenvalue weighted by Gasteiger charge is -2.45. The van der Waals surface area contributed by atoms with E-state index >= 15 is 0 Å². The first kappa shape index (κ1) is 19.7. The second-order valence-electron chi connectivity index (χ2n) is 8.31. The van der Waals surface area contributed by atoms with E-state index in [9.17, 15) is 9.18 Å². The monoisotopic (exact) mass is 420 g/mol. The van der Waals surface area contributed by atoms with E-state index in [0.717, 1.165) is 44.2 Å². The SMILES string of the molecule is COc1ccc2c(c1)CC[C@H]1[C@H]2CCCN1c1nc(-c2ccncc2F)cc(=O)n1C. The maximum absolute atomic E-state index is 14.3. The van der Waals surface area contributed by atoms with Crippen LogP contribution in [0.1, 0.15) is 36.3 Å². The average molecular weight is 420 g/mol. The third-order valence-electron chi connectivity index (χ3n) is 6.65. The van der Waals surface area contributed by atoms with Gasteiger partial charge in [-0.15, -0.1) is 0 Å². The Kier molecular flexibility index (Phi) is 4.96. The van der Waals surface area contributed by atoms with Crippen molar-refractivity contribution in [3.8, 4) is 17.0 Å². The molecule has 3 aromatic rings. The number of methoxy groups -OCH3 is 1. The first-order valence-corrected chi connectivity index (χ1v) is 10.7. The van der Waals surface area contributed by atoms with E-state index in [1.54, 1.807) is 24.8 Å². The van der Waals surface area contributed by atoms with Crippen LogP contribution in [0.15, 0.2) is 47.5 Å². The Balaban J connectivity index is 1.56. The number of rotatable bonds is 3. The zero-order valence-corrected chi connectivity index (χ0v) is 17.7. The first-order valence-electron chi connectivity index (χ1n) is 10.7. The highest BCUT2D eigenvalue weighted by Gasteiger charge is 2.38. The standard InChI is InChI=1S/C24H25FN4O2/c1-28-23(30)13-21(19-9-10-26-14-20(19)25)27-24(28)29-11-3-4-18-17-7-6-16(31-2)12-15(17)5-8-22(18)29/h6-7,9-10,12-14,18,22H,3-5,8,11H2,1-2H3/t18-,22-/m0/s1. The van der Waals surface area contributed by atoms with Gasteiger partial charge in [0, 0.05) is 43.4 Å². The number of benzene rings is 1. The summed E-state index contributed by atoms with van der Waals surface area (Å²) in [6.45, 7) is 0.829. The maximum Gasteiger partial charge on any atom is 0.255 e. The quantitative estimate of drug-likeness (QED) is 0.647. The molecular formula is C24H25FN4O2. The molecule has 1 aromatic carbocycles. The average Bonchev–Trinajstić information content (AvgIpc) is 2.80. The number of hydrogen-bond acceptors (Lipinski definition) is 5. The Bertz CT molecular complexity index is 1190. The number of aromatic nitrogens is 3. The first-order chi connectivity index (χ1) is 15.1. The summed E-state index contributed by atoms with van der Waals surface area (Å²) in [6, 6.07) is 9.57. The lowest BCUT2D eigenvalue weighted by molar-refractivity contribution is 0.356. The fourth-order valence-corrected chi connectivity index (χ4v) is 5.12. The summed E-state index contributed by atoms with van der Waals surface area (Å²) in [6.07, 6.45) is 6.72. The number of aryl methyl sites for hydroxylation is 1. The molecule has 1 aliphatic carbocycles. The van der Waals surface area contributed by atoms with Crippen LogP contribution in [0.5, 0.6) is 5.75 Å². The van der Waals surface area contributed by atoms with E-state index in [0.29, 0.717) is 23.1 Å². The smallest absolute Gasteiger partial charge is 0.255 e. The summed E-state index contributed by atoms with van der Waals surface area (Å²) in [4.78, 5) is 23.6. The molecule has 0 N–H and O–H groups in total. The van der Waals surface area contributed by atoms with Crippen molar-refractivity contribution in [1.29, 1.82) is 0 Å². The van der Waals surface area contributed by atoms with Crippen molar-refractivity contribution in [3.05, 3.63) is 70.0 Å². The summed E-state index contributed by atoms with van der Waals surface area (Å²) in [5, 5.41) is 0. The molecule has 0 unspecified atom stereocenters. The zero-order valence-electron chi connectivity index (χ0n) is 17.7. The van der Waals surface area contributed by atoms with Gasteiger partial charge < -0.3 is 9.64 Å². The van der Waals surface area contributed by atoms with Crippen molar-refractivity contribution in [2.75, 3.05) is 18.6 Å². The molecule has 2 aromatic heterocycles. The summed E-state index contributed by atoms with van der Waals surface area (Å²) in [7, 11) is 3.43. The normalized spacial score (nSPS) is 20.2. The molecule has 0 radical (unpaired) electrons. The summed E-state index contributed by atoms with van der Waals surface area (Å²) in [5.74, 6) is 1.39. The molecule has 2 aliphatic rings. The topological polar surface area (TPSA) is 60.2 Å². The van der Waals surface area contributed by atoms with Gasteiger partial charge in [-0.1, -0.05) is 6.07 Å². The van der Waals surface area contributed by atoms with E-state index in [2.05, 4.69) is 22.0 Å². The van der Waals surface area contributed by atoms with Gasteiger partial charge in [0.1, 0.15) is 5.75 Å². The number of halogens is 1. The number of nitrogens with zero attached hydrogens (tertiary/aromatic N) is 4. The molecule has 6 nitrogen and oxygen atoms in total. The molecule has 5 rings (SSSR count). The van der Waals surface area contributed by atoms with E-state index in [4.69, 9.17) is 9.72 Å². The molecular weight excluding hydrogens is 395 g/mol. The molecule has 0 saturated carbocycles. The summed E-state index contributed by atoms with van der Waals surface area (Å²) < 4.78 is 21.3. The Hall–Kier alpha value is -3.22. The van der Waals surface area contributed by atoms with Gasteiger partial charge in [-0.05, 0) is 55.0 Å². The number of pyridine rings is 1. The largest absolute Gasteiger partial charge is 0.497 e. The van der Waals surface area contributed by atoms with Gasteiger partial charge in [0.25, 0.3) is 5.56 Å². The number of piperidine rings is 1. The second-order valence-corrected chi connectivity index (χ2v) is 8.31. The van der Waals surface area contributed by atoms with Crippen molar-refractivity contribution >= 4 is 5.95 Å². The molecule has 0 amide bonds. The zero-order chi connectivity index (χ0) is 21.5. The van der Waals surface area contributed by atoms with Gasteiger partial charge in [-0.3, -0.25) is 14.3 Å². The van der Waals surface area contributed by atoms with Gasteiger partial charge >= 0.3 is 0 Å². The highest BCUT2D eigenvalue weighted by atomic mass is 19.1. The predicted molar refractivity (Wildman–Crippen MR) is 117 cm³/mol. The number of anilines is 1. The van der Waals surface area contributed by atoms with Crippen LogP contribution in [-0.2, 0) is 13.5 Å². The van der Waals surface area contributed by atoms with Crippen molar-refractivity contribution in [2.45, 2.75) is 37.6 Å². The molecule has 0 bridgehead atoms. The maximum atomic E-state index is 14.3. The molecule has 2 atom stereocenters. The highest BCUT2D eigenvalue weighted by Crippen LogP contribution is 2.42. The Morgan fingerprint density at radius 3 is 2.87 bits per heavy atom. The molecule has 3 heterocycles. The number of hydrogen-bond donors (Lipinski definition) is 0. The van der Waals surface area contributed by atoms with Crippen LogP contribution in [0.4, 0.5) is 10.3 Å². The van der Waals surface area contributed by atoms with Gasteiger partial charge in [0.15, 0.2) is 5.82 Å². The van der Waals surface area contributed by atoms with Crippen molar-refractivity contribution in [3.63, 3.8) is 0 Å². The Morgan fingerprint density at radius 2 is 2.06 bits per heavy atom. The van der Waals surface area contributed by atoms with Crippen LogP contribution in [0.25, 0.3) is 11.3 Å².